The summed E-state index contributed by atoms with van der Waals surface area (Å²) in [6, 6.07) is 7.77. The number of nitrogens with one attached hydrogen (secondary N) is 1. The molecule has 0 amide bonds. The van der Waals surface area contributed by atoms with Crippen LogP contribution in [0.15, 0.2) is 24.3 Å². The van der Waals surface area contributed by atoms with Crippen molar-refractivity contribution in [2.24, 2.45) is 5.92 Å². The van der Waals surface area contributed by atoms with E-state index in [0.29, 0.717) is 5.56 Å². The van der Waals surface area contributed by atoms with Crippen LogP contribution in [0.1, 0.15) is 98.9 Å². The number of hydrogen-bond acceptors (Lipinski definition) is 6. The number of hydrogen-bond donors (Lipinski definition) is 2. The van der Waals surface area contributed by atoms with Crippen LogP contribution in [0.4, 0.5) is 10.2 Å². The first kappa shape index (κ1) is 30.7. The van der Waals surface area contributed by atoms with Gasteiger partial charge in [-0.15, -0.1) is 0 Å². The van der Waals surface area contributed by atoms with Crippen molar-refractivity contribution in [2.75, 3.05) is 45.7 Å². The van der Waals surface area contributed by atoms with Gasteiger partial charge in [0.25, 0.3) is 0 Å². The van der Waals surface area contributed by atoms with Gasteiger partial charge in [-0.3, -0.25) is 4.79 Å². The number of benzene rings is 1. The first-order chi connectivity index (χ1) is 20.4. The van der Waals surface area contributed by atoms with Crippen LogP contribution >= 0.6 is 0 Å². The van der Waals surface area contributed by atoms with Crippen LogP contribution in [0.25, 0.3) is 0 Å². The van der Waals surface area contributed by atoms with Crippen molar-refractivity contribution in [1.29, 1.82) is 0 Å². The molecule has 1 saturated carbocycles. The minimum Gasteiger partial charge on any atom is -0.493 e. The molecule has 42 heavy (non-hydrogen) atoms. The first-order valence-electron chi connectivity index (χ1n) is 16.0. The number of nitrogens with zero attached hydrogens (tertiary/aromatic N) is 2. The molecule has 0 bridgehead atoms. The summed E-state index contributed by atoms with van der Waals surface area (Å²) in [4.78, 5) is 20.0. The van der Waals surface area contributed by atoms with Crippen molar-refractivity contribution < 1.29 is 23.8 Å². The van der Waals surface area contributed by atoms with Crippen molar-refractivity contribution in [3.63, 3.8) is 0 Å². The van der Waals surface area contributed by atoms with E-state index in [-0.39, 0.29) is 11.7 Å². The SMILES string of the molecule is COc1c(F)cc(C2(OC)CCCCC2)cc1C(C(=O)O)C1CCN(CCCCCc2ccc3c(n2)NCCC3)CC1. The fraction of sp³-hybridized carbons (Fsp3) is 0.647. The molecule has 1 aromatic heterocycles. The second-order valence-corrected chi connectivity index (χ2v) is 12.5. The molecule has 3 heterocycles. The zero-order valence-electron chi connectivity index (χ0n) is 25.4. The number of aliphatic carboxylic acids is 1. The summed E-state index contributed by atoms with van der Waals surface area (Å²) < 4.78 is 26.9. The van der Waals surface area contributed by atoms with Crippen LogP contribution in [0, 0.1) is 11.7 Å². The number of fused-ring (bicyclic) bond motifs is 1. The fourth-order valence-corrected chi connectivity index (χ4v) is 7.48. The summed E-state index contributed by atoms with van der Waals surface area (Å²) in [5.41, 5.74) is 3.12. The third-order valence-electron chi connectivity index (χ3n) is 9.92. The molecular formula is C34H48FN3O4. The molecule has 2 aromatic rings. The largest absolute Gasteiger partial charge is 0.493 e. The molecule has 1 aliphatic carbocycles. The maximum absolute atomic E-state index is 15.4. The third kappa shape index (κ3) is 6.91. The van der Waals surface area contributed by atoms with Crippen molar-refractivity contribution in [1.82, 2.24) is 9.88 Å². The van der Waals surface area contributed by atoms with Crippen LogP contribution in [-0.2, 0) is 28.0 Å². The normalized spacial score (nSPS) is 20.0. The number of rotatable bonds is 12. The summed E-state index contributed by atoms with van der Waals surface area (Å²) in [6.07, 6.45) is 13.0. The Morgan fingerprint density at radius 3 is 2.62 bits per heavy atom. The molecule has 1 aromatic carbocycles. The van der Waals surface area contributed by atoms with Gasteiger partial charge in [-0.25, -0.2) is 9.37 Å². The van der Waals surface area contributed by atoms with E-state index in [4.69, 9.17) is 14.5 Å². The highest BCUT2D eigenvalue weighted by Crippen LogP contribution is 2.45. The van der Waals surface area contributed by atoms with E-state index in [0.717, 1.165) is 115 Å². The molecule has 0 radical (unpaired) electrons. The Kier molecular flexibility index (Phi) is 10.4. The van der Waals surface area contributed by atoms with Gasteiger partial charge in [-0.05, 0) is 113 Å². The number of ether oxygens (including phenoxy) is 2. The Morgan fingerprint density at radius 1 is 1.12 bits per heavy atom. The molecule has 230 valence electrons. The number of carbonyl (C=O) groups is 1. The van der Waals surface area contributed by atoms with Crippen LogP contribution in [-0.4, -0.2) is 61.4 Å². The molecule has 5 rings (SSSR count). The highest BCUT2D eigenvalue weighted by Gasteiger charge is 2.39. The van der Waals surface area contributed by atoms with Crippen LogP contribution in [0.2, 0.25) is 0 Å². The Balaban J connectivity index is 1.16. The highest BCUT2D eigenvalue weighted by molar-refractivity contribution is 5.78. The number of pyridine rings is 1. The van der Waals surface area contributed by atoms with Gasteiger partial charge in [-0.1, -0.05) is 31.7 Å². The fourth-order valence-electron chi connectivity index (χ4n) is 7.48. The molecule has 0 spiro atoms. The smallest absolute Gasteiger partial charge is 0.311 e. The predicted octanol–water partition coefficient (Wildman–Crippen LogP) is 6.69. The minimum absolute atomic E-state index is 0.0554. The number of methoxy groups -OCH3 is 2. The lowest BCUT2D eigenvalue weighted by atomic mass is 9.75. The molecule has 1 atom stereocenters. The first-order valence-corrected chi connectivity index (χ1v) is 16.0. The predicted molar refractivity (Wildman–Crippen MR) is 163 cm³/mol. The molecule has 7 nitrogen and oxygen atoms in total. The van der Waals surface area contributed by atoms with E-state index in [9.17, 15) is 9.90 Å². The number of likely N-dealkylation sites (tertiary alicyclic amines) is 1. The van der Waals surface area contributed by atoms with Crippen LogP contribution in [0.5, 0.6) is 5.75 Å². The van der Waals surface area contributed by atoms with Gasteiger partial charge in [0, 0.05) is 24.9 Å². The average Bonchev–Trinajstić information content (AvgIpc) is 3.01. The molecule has 1 saturated heterocycles. The number of aromatic nitrogens is 1. The Bertz CT molecular complexity index is 1210. The van der Waals surface area contributed by atoms with Crippen molar-refractivity contribution in [3.8, 4) is 5.75 Å². The second-order valence-electron chi connectivity index (χ2n) is 12.5. The lowest BCUT2D eigenvalue weighted by Crippen LogP contribution is -2.38. The highest BCUT2D eigenvalue weighted by atomic mass is 19.1. The number of piperidine rings is 1. The number of carboxylic acid groups (broad SMARTS) is 1. The molecule has 2 aliphatic heterocycles. The van der Waals surface area contributed by atoms with Crippen LogP contribution in [0.3, 0.4) is 0 Å². The molecule has 8 heteroatoms. The number of halogens is 1. The van der Waals surface area contributed by atoms with Gasteiger partial charge in [0.15, 0.2) is 11.6 Å². The zero-order valence-corrected chi connectivity index (χ0v) is 25.4. The summed E-state index contributed by atoms with van der Waals surface area (Å²) in [7, 11) is 3.11. The van der Waals surface area contributed by atoms with Crippen molar-refractivity contribution in [3.05, 3.63) is 52.5 Å². The quantitative estimate of drug-likeness (QED) is 0.270. The summed E-state index contributed by atoms with van der Waals surface area (Å²) in [5.74, 6) is -1.18. The molecule has 2 N–H and O–H groups in total. The lowest BCUT2D eigenvalue weighted by Gasteiger charge is -2.38. The van der Waals surface area contributed by atoms with Crippen molar-refractivity contribution in [2.45, 2.75) is 95.0 Å². The van der Waals surface area contributed by atoms with E-state index in [1.165, 1.54) is 30.9 Å². The van der Waals surface area contributed by atoms with Gasteiger partial charge in [0.05, 0.1) is 18.6 Å². The second kappa shape index (κ2) is 14.2. The Hall–Kier alpha value is -2.71. The van der Waals surface area contributed by atoms with E-state index in [1.54, 1.807) is 7.11 Å². The number of anilines is 1. The maximum Gasteiger partial charge on any atom is 0.311 e. The summed E-state index contributed by atoms with van der Waals surface area (Å²) >= 11 is 0. The van der Waals surface area contributed by atoms with E-state index in [2.05, 4.69) is 22.3 Å². The molecular weight excluding hydrogens is 533 g/mol. The lowest BCUT2D eigenvalue weighted by molar-refractivity contribution is -0.140. The Morgan fingerprint density at radius 2 is 1.90 bits per heavy atom. The average molecular weight is 582 g/mol. The Labute approximate surface area is 250 Å². The van der Waals surface area contributed by atoms with Gasteiger partial charge in [0.1, 0.15) is 5.82 Å². The van der Waals surface area contributed by atoms with Crippen LogP contribution < -0.4 is 10.1 Å². The minimum atomic E-state index is -0.913. The van der Waals surface area contributed by atoms with E-state index >= 15 is 4.39 Å². The number of carboxylic acids is 1. The number of aryl methyl sites for hydroxylation is 2. The van der Waals surface area contributed by atoms with Gasteiger partial charge in [0.2, 0.25) is 0 Å². The monoisotopic (exact) mass is 581 g/mol. The zero-order chi connectivity index (χ0) is 29.5. The molecule has 2 fully saturated rings. The molecule has 3 aliphatic rings. The summed E-state index contributed by atoms with van der Waals surface area (Å²) in [5, 5.41) is 13.8. The van der Waals surface area contributed by atoms with Crippen molar-refractivity contribution >= 4 is 11.8 Å². The summed E-state index contributed by atoms with van der Waals surface area (Å²) in [6.45, 7) is 3.75. The van der Waals surface area contributed by atoms with E-state index in [1.807, 2.05) is 6.07 Å². The van der Waals surface area contributed by atoms with Gasteiger partial charge >= 0.3 is 5.97 Å². The molecule has 1 unspecified atom stereocenters. The topological polar surface area (TPSA) is 83.9 Å². The third-order valence-corrected chi connectivity index (χ3v) is 9.92. The maximum atomic E-state index is 15.4. The van der Waals surface area contributed by atoms with Gasteiger partial charge < -0.3 is 24.8 Å². The standard InChI is InChI=1S/C34H48FN3O4/c1-41-31-28(22-26(23-29(31)35)34(42-2)16-6-4-7-17-34)30(33(39)40)24-14-20-38(21-15-24)19-8-3-5-11-27-13-12-25-10-9-18-36-32(25)37-27/h12-13,22-24,30H,3-11,14-21H2,1-2H3,(H,36,37)(H,39,40). The number of unbranched alkanes of at least 4 members (excludes halogenated alkanes) is 2. The van der Waals surface area contributed by atoms with Gasteiger partial charge in [-0.2, -0.15) is 0 Å². The van der Waals surface area contributed by atoms with E-state index < -0.39 is 23.3 Å².